The summed E-state index contributed by atoms with van der Waals surface area (Å²) in [6.45, 7) is 9.25. The molecule has 23 heavy (non-hydrogen) atoms. The molecule has 0 aromatic heterocycles. The first kappa shape index (κ1) is 18.1. The van der Waals surface area contributed by atoms with Crippen LogP contribution in [0.1, 0.15) is 52.1 Å². The van der Waals surface area contributed by atoms with Crippen molar-refractivity contribution < 1.29 is 9.53 Å². The molecule has 1 fully saturated rings. The van der Waals surface area contributed by atoms with Crippen LogP contribution in [0.4, 0.5) is 4.79 Å². The Morgan fingerprint density at radius 2 is 2.17 bits per heavy atom. The lowest BCUT2D eigenvalue weighted by atomic mass is 10.0. The summed E-state index contributed by atoms with van der Waals surface area (Å²) >= 11 is 6.06. The molecule has 0 bridgehead atoms. The molecule has 0 radical (unpaired) electrons. The minimum atomic E-state index is -0.453. The van der Waals surface area contributed by atoms with Crippen LogP contribution in [0, 0.1) is 0 Å². The summed E-state index contributed by atoms with van der Waals surface area (Å²) in [4.78, 5) is 14.0. The van der Waals surface area contributed by atoms with E-state index >= 15 is 0 Å². The Kier molecular flexibility index (Phi) is 5.93. The Morgan fingerprint density at radius 3 is 2.83 bits per heavy atom. The number of carbonyl (C=O) groups excluding carboxylic acids is 1. The standard InChI is InChI=1S/C18H27ClN2O2/c1-13(14-7-5-8-15(19)11-14)20-16-9-6-10-21(12-16)17(22)23-18(2,3)4/h5,7-8,11,13,16,20H,6,9-10,12H2,1-4H3/t13-,16?/m1/s1. The first-order valence-electron chi connectivity index (χ1n) is 8.24. The smallest absolute Gasteiger partial charge is 0.410 e. The molecular formula is C18H27ClN2O2. The minimum absolute atomic E-state index is 0.192. The van der Waals surface area contributed by atoms with E-state index in [1.54, 1.807) is 4.90 Å². The van der Waals surface area contributed by atoms with Gasteiger partial charge in [-0.25, -0.2) is 4.79 Å². The number of amides is 1. The van der Waals surface area contributed by atoms with E-state index in [2.05, 4.69) is 18.3 Å². The monoisotopic (exact) mass is 338 g/mol. The molecule has 4 nitrogen and oxygen atoms in total. The van der Waals surface area contributed by atoms with Gasteiger partial charge in [-0.3, -0.25) is 0 Å². The number of hydrogen-bond acceptors (Lipinski definition) is 3. The quantitative estimate of drug-likeness (QED) is 0.888. The summed E-state index contributed by atoms with van der Waals surface area (Å²) in [6, 6.07) is 8.35. The summed E-state index contributed by atoms with van der Waals surface area (Å²) in [5.41, 5.74) is 0.706. The maximum Gasteiger partial charge on any atom is 0.410 e. The highest BCUT2D eigenvalue weighted by Crippen LogP contribution is 2.21. The van der Waals surface area contributed by atoms with Crippen molar-refractivity contribution in [2.24, 2.45) is 0 Å². The summed E-state index contributed by atoms with van der Waals surface area (Å²) < 4.78 is 5.47. The van der Waals surface area contributed by atoms with E-state index in [1.165, 1.54) is 0 Å². The van der Waals surface area contributed by atoms with Gasteiger partial charge < -0.3 is 15.0 Å². The fourth-order valence-electron chi connectivity index (χ4n) is 2.83. The van der Waals surface area contributed by atoms with Gasteiger partial charge in [0.2, 0.25) is 0 Å². The van der Waals surface area contributed by atoms with Gasteiger partial charge >= 0.3 is 6.09 Å². The number of likely N-dealkylation sites (tertiary alicyclic amines) is 1. The van der Waals surface area contributed by atoms with Crippen molar-refractivity contribution in [3.05, 3.63) is 34.9 Å². The number of nitrogens with zero attached hydrogens (tertiary/aromatic N) is 1. The van der Waals surface area contributed by atoms with Crippen LogP contribution in [-0.2, 0) is 4.74 Å². The number of benzene rings is 1. The highest BCUT2D eigenvalue weighted by atomic mass is 35.5. The van der Waals surface area contributed by atoms with E-state index in [0.29, 0.717) is 6.54 Å². The zero-order chi connectivity index (χ0) is 17.0. The lowest BCUT2D eigenvalue weighted by Crippen LogP contribution is -2.49. The zero-order valence-electron chi connectivity index (χ0n) is 14.4. The molecule has 0 saturated carbocycles. The van der Waals surface area contributed by atoms with Gasteiger partial charge in [0.1, 0.15) is 5.60 Å². The number of carbonyl (C=O) groups is 1. The van der Waals surface area contributed by atoms with Crippen molar-refractivity contribution in [3.8, 4) is 0 Å². The summed E-state index contributed by atoms with van der Waals surface area (Å²) in [6.07, 6.45) is 1.82. The van der Waals surface area contributed by atoms with E-state index in [9.17, 15) is 4.79 Å². The second kappa shape index (κ2) is 7.54. The van der Waals surface area contributed by atoms with Crippen LogP contribution >= 0.6 is 11.6 Å². The molecule has 2 rings (SSSR count). The third-order valence-corrected chi connectivity index (χ3v) is 4.14. The molecule has 1 aromatic carbocycles. The third-order valence-electron chi connectivity index (χ3n) is 3.91. The SMILES string of the molecule is C[C@@H](NC1CCCN(C(=O)OC(C)(C)C)C1)c1cccc(Cl)c1. The Labute approximate surface area is 144 Å². The molecule has 1 aliphatic rings. The molecule has 2 atom stereocenters. The van der Waals surface area contributed by atoms with Crippen molar-refractivity contribution in [1.29, 1.82) is 0 Å². The molecule has 1 heterocycles. The molecule has 1 N–H and O–H groups in total. The van der Waals surface area contributed by atoms with E-state index < -0.39 is 5.60 Å². The van der Waals surface area contributed by atoms with E-state index in [1.807, 2.05) is 39.0 Å². The molecule has 1 unspecified atom stereocenters. The Morgan fingerprint density at radius 1 is 1.43 bits per heavy atom. The second-order valence-electron chi connectivity index (χ2n) is 7.21. The van der Waals surface area contributed by atoms with Gasteiger partial charge in [0.05, 0.1) is 0 Å². The number of hydrogen-bond donors (Lipinski definition) is 1. The molecule has 128 valence electrons. The second-order valence-corrected chi connectivity index (χ2v) is 7.65. The fraction of sp³-hybridized carbons (Fsp3) is 0.611. The number of piperidine rings is 1. The molecular weight excluding hydrogens is 312 g/mol. The number of nitrogens with one attached hydrogen (secondary N) is 1. The van der Waals surface area contributed by atoms with Crippen molar-refractivity contribution in [3.63, 3.8) is 0 Å². The number of rotatable bonds is 3. The molecule has 1 aromatic rings. The van der Waals surface area contributed by atoms with Crippen LogP contribution in [0.25, 0.3) is 0 Å². The molecule has 5 heteroatoms. The van der Waals surface area contributed by atoms with Crippen molar-refractivity contribution in [2.45, 2.75) is 58.2 Å². The van der Waals surface area contributed by atoms with E-state index in [-0.39, 0.29) is 18.2 Å². The van der Waals surface area contributed by atoms with Gasteiger partial charge in [-0.1, -0.05) is 23.7 Å². The Balaban J connectivity index is 1.92. The van der Waals surface area contributed by atoms with Gasteiger partial charge in [-0.15, -0.1) is 0 Å². The third kappa shape index (κ3) is 5.70. The minimum Gasteiger partial charge on any atom is -0.444 e. The van der Waals surface area contributed by atoms with E-state index in [4.69, 9.17) is 16.3 Å². The normalized spacial score (nSPS) is 20.2. The molecule has 1 saturated heterocycles. The highest BCUT2D eigenvalue weighted by molar-refractivity contribution is 6.30. The van der Waals surface area contributed by atoms with Gasteiger partial charge in [-0.05, 0) is 58.2 Å². The van der Waals surface area contributed by atoms with Gasteiger partial charge in [0.25, 0.3) is 0 Å². The van der Waals surface area contributed by atoms with Crippen LogP contribution < -0.4 is 5.32 Å². The van der Waals surface area contributed by atoms with Crippen molar-refractivity contribution in [1.82, 2.24) is 10.2 Å². The number of ether oxygens (including phenoxy) is 1. The lowest BCUT2D eigenvalue weighted by molar-refractivity contribution is 0.0184. The molecule has 1 aliphatic heterocycles. The summed E-state index contributed by atoms with van der Waals surface area (Å²) in [7, 11) is 0. The average Bonchev–Trinajstić information content (AvgIpc) is 2.45. The maximum absolute atomic E-state index is 12.2. The lowest BCUT2D eigenvalue weighted by Gasteiger charge is -2.35. The van der Waals surface area contributed by atoms with Crippen LogP contribution in [0.5, 0.6) is 0 Å². The molecule has 0 spiro atoms. The molecule has 1 amide bonds. The van der Waals surface area contributed by atoms with E-state index in [0.717, 1.165) is 30.0 Å². The summed E-state index contributed by atoms with van der Waals surface area (Å²) in [5.74, 6) is 0. The van der Waals surface area contributed by atoms with Crippen molar-refractivity contribution >= 4 is 17.7 Å². The van der Waals surface area contributed by atoms with Gasteiger partial charge in [0.15, 0.2) is 0 Å². The largest absolute Gasteiger partial charge is 0.444 e. The first-order chi connectivity index (χ1) is 10.7. The van der Waals surface area contributed by atoms with Crippen LogP contribution in [-0.4, -0.2) is 35.7 Å². The Hall–Kier alpha value is -1.26. The predicted octanol–water partition coefficient (Wildman–Crippen LogP) is 4.39. The first-order valence-corrected chi connectivity index (χ1v) is 8.62. The van der Waals surface area contributed by atoms with Crippen LogP contribution in [0.15, 0.2) is 24.3 Å². The fourth-order valence-corrected chi connectivity index (χ4v) is 3.03. The number of halogens is 1. The van der Waals surface area contributed by atoms with Crippen LogP contribution in [0.3, 0.4) is 0 Å². The predicted molar refractivity (Wildman–Crippen MR) is 93.8 cm³/mol. The molecule has 0 aliphatic carbocycles. The topological polar surface area (TPSA) is 41.6 Å². The highest BCUT2D eigenvalue weighted by Gasteiger charge is 2.28. The Bertz CT molecular complexity index is 542. The zero-order valence-corrected chi connectivity index (χ0v) is 15.2. The van der Waals surface area contributed by atoms with Crippen LogP contribution in [0.2, 0.25) is 5.02 Å². The van der Waals surface area contributed by atoms with Crippen molar-refractivity contribution in [2.75, 3.05) is 13.1 Å². The van der Waals surface area contributed by atoms with Gasteiger partial charge in [-0.2, -0.15) is 0 Å². The maximum atomic E-state index is 12.2. The average molecular weight is 339 g/mol. The summed E-state index contributed by atoms with van der Waals surface area (Å²) in [5, 5.41) is 4.35. The van der Waals surface area contributed by atoms with Gasteiger partial charge in [0, 0.05) is 30.2 Å².